The summed E-state index contributed by atoms with van der Waals surface area (Å²) in [5.74, 6) is -0.0687. The lowest BCUT2D eigenvalue weighted by Crippen LogP contribution is -2.39. The number of sulfone groups is 1. The molecule has 0 saturated heterocycles. The zero-order valence-corrected chi connectivity index (χ0v) is 19.6. The lowest BCUT2D eigenvalue weighted by atomic mass is 9.81. The van der Waals surface area contributed by atoms with Gasteiger partial charge < -0.3 is 20.0 Å². The van der Waals surface area contributed by atoms with E-state index < -0.39 is 9.84 Å². The van der Waals surface area contributed by atoms with E-state index in [0.29, 0.717) is 29.6 Å². The van der Waals surface area contributed by atoms with Crippen LogP contribution >= 0.6 is 0 Å². The van der Waals surface area contributed by atoms with Crippen LogP contribution in [0.3, 0.4) is 0 Å². The summed E-state index contributed by atoms with van der Waals surface area (Å²) in [5.41, 5.74) is 2.54. The third-order valence-electron chi connectivity index (χ3n) is 6.14. The number of nitrogens with zero attached hydrogens (tertiary/aromatic N) is 3. The molecule has 0 radical (unpaired) electrons. The molecule has 0 atom stereocenters. The molecule has 1 amide bonds. The Hall–Kier alpha value is -4.17. The molecule has 4 aromatic rings. The number of H-pyrrole nitrogens is 1. The molecule has 178 valence electrons. The lowest BCUT2D eigenvalue weighted by molar-refractivity contribution is 0.0958. The SMILES string of the molecule is CNC(=O)c1coc(-c2cnc3[nH]ccc3c2NC2CC(CS(=O)(=O)c3cccc(C#N)c3)C2)n1. The number of benzene rings is 1. The quantitative estimate of drug-likeness (QED) is 0.357. The van der Waals surface area contributed by atoms with Crippen LogP contribution < -0.4 is 10.6 Å². The maximum absolute atomic E-state index is 12.8. The summed E-state index contributed by atoms with van der Waals surface area (Å²) < 4.78 is 31.2. The number of aromatic nitrogens is 3. The first-order valence-electron chi connectivity index (χ1n) is 11.0. The van der Waals surface area contributed by atoms with E-state index in [4.69, 9.17) is 9.68 Å². The average Bonchev–Trinajstić information content (AvgIpc) is 3.52. The average molecular weight is 491 g/mol. The Morgan fingerprint density at radius 1 is 1.31 bits per heavy atom. The van der Waals surface area contributed by atoms with Crippen molar-refractivity contribution in [3.8, 4) is 17.5 Å². The van der Waals surface area contributed by atoms with Crippen molar-refractivity contribution >= 4 is 32.5 Å². The van der Waals surface area contributed by atoms with E-state index in [-0.39, 0.29) is 40.1 Å². The summed E-state index contributed by atoms with van der Waals surface area (Å²) in [5, 5.41) is 15.9. The normalized spacial score (nSPS) is 17.5. The van der Waals surface area contributed by atoms with Gasteiger partial charge in [0, 0.05) is 30.9 Å². The van der Waals surface area contributed by atoms with Gasteiger partial charge in [0.15, 0.2) is 15.5 Å². The summed E-state index contributed by atoms with van der Waals surface area (Å²) in [6.45, 7) is 0. The topological polar surface area (TPSA) is 154 Å². The monoisotopic (exact) mass is 490 g/mol. The van der Waals surface area contributed by atoms with E-state index in [0.717, 1.165) is 11.1 Å². The molecule has 3 aromatic heterocycles. The Balaban J connectivity index is 1.33. The van der Waals surface area contributed by atoms with Gasteiger partial charge >= 0.3 is 0 Å². The molecule has 1 fully saturated rings. The fraction of sp³-hybridized carbons (Fsp3) is 0.250. The highest BCUT2D eigenvalue weighted by atomic mass is 32.2. The van der Waals surface area contributed by atoms with Crippen LogP contribution in [0.25, 0.3) is 22.5 Å². The Kier molecular flexibility index (Phi) is 5.74. The van der Waals surface area contributed by atoms with Crippen LogP contribution in [-0.4, -0.2) is 48.1 Å². The van der Waals surface area contributed by atoms with Crippen LogP contribution in [0.1, 0.15) is 28.9 Å². The largest absolute Gasteiger partial charge is 0.443 e. The van der Waals surface area contributed by atoms with Crippen molar-refractivity contribution in [1.82, 2.24) is 20.3 Å². The predicted molar refractivity (Wildman–Crippen MR) is 128 cm³/mol. The van der Waals surface area contributed by atoms with Crippen LogP contribution in [0.15, 0.2) is 58.3 Å². The number of hydrogen-bond donors (Lipinski definition) is 3. The van der Waals surface area contributed by atoms with Gasteiger partial charge in [0.1, 0.15) is 11.9 Å². The Labute approximate surface area is 201 Å². The number of pyridine rings is 1. The van der Waals surface area contributed by atoms with Gasteiger partial charge in [0.05, 0.1) is 33.5 Å². The molecule has 0 spiro atoms. The lowest BCUT2D eigenvalue weighted by Gasteiger charge is -2.36. The van der Waals surface area contributed by atoms with E-state index in [9.17, 15) is 13.2 Å². The highest BCUT2D eigenvalue weighted by Crippen LogP contribution is 2.38. The number of fused-ring (bicyclic) bond motifs is 1. The van der Waals surface area contributed by atoms with Crippen molar-refractivity contribution in [2.24, 2.45) is 5.92 Å². The molecule has 1 saturated carbocycles. The predicted octanol–water partition coefficient (Wildman–Crippen LogP) is 3.11. The van der Waals surface area contributed by atoms with Crippen LogP contribution in [-0.2, 0) is 9.84 Å². The molecule has 3 N–H and O–H groups in total. The smallest absolute Gasteiger partial charge is 0.272 e. The minimum atomic E-state index is -3.49. The molecule has 3 heterocycles. The van der Waals surface area contributed by atoms with Crippen molar-refractivity contribution < 1.29 is 17.6 Å². The van der Waals surface area contributed by atoms with Crippen molar-refractivity contribution in [2.45, 2.75) is 23.8 Å². The second-order valence-electron chi connectivity index (χ2n) is 8.50. The maximum Gasteiger partial charge on any atom is 0.272 e. The number of nitrogens with one attached hydrogen (secondary N) is 3. The molecular formula is C24H22N6O4S. The third-order valence-corrected chi connectivity index (χ3v) is 8.02. The van der Waals surface area contributed by atoms with Crippen molar-refractivity contribution in [3.63, 3.8) is 0 Å². The molecular weight excluding hydrogens is 468 g/mol. The van der Waals surface area contributed by atoms with Gasteiger partial charge in [-0.15, -0.1) is 0 Å². The first-order chi connectivity index (χ1) is 16.9. The Bertz CT molecular complexity index is 1560. The summed E-state index contributed by atoms with van der Waals surface area (Å²) in [6.07, 6.45) is 6.04. The van der Waals surface area contributed by atoms with Gasteiger partial charge in [-0.3, -0.25) is 4.79 Å². The van der Waals surface area contributed by atoms with Crippen LogP contribution in [0, 0.1) is 17.2 Å². The second-order valence-corrected chi connectivity index (χ2v) is 10.5. The summed E-state index contributed by atoms with van der Waals surface area (Å²) in [6, 6.07) is 10.0. The molecule has 1 aliphatic rings. The van der Waals surface area contributed by atoms with Gasteiger partial charge in [0.2, 0.25) is 5.89 Å². The number of amides is 1. The standard InChI is InChI=1S/C24H22N6O4S/c1-26-23(31)20-12-34-24(30-20)19-11-28-22-18(5-6-27-22)21(19)29-16-7-15(8-16)13-35(32,33)17-4-2-3-14(9-17)10-25/h2-6,9,11-12,15-16H,7-8,13H2,1H3,(H,26,31)(H2,27,28,29). The van der Waals surface area contributed by atoms with E-state index >= 15 is 0 Å². The highest BCUT2D eigenvalue weighted by Gasteiger charge is 2.34. The molecule has 1 aliphatic carbocycles. The van der Waals surface area contributed by atoms with E-state index in [1.807, 2.05) is 12.1 Å². The zero-order chi connectivity index (χ0) is 24.6. The Morgan fingerprint density at radius 3 is 2.91 bits per heavy atom. The second kappa shape index (κ2) is 8.88. The molecule has 35 heavy (non-hydrogen) atoms. The van der Waals surface area contributed by atoms with E-state index in [2.05, 4.69) is 25.6 Å². The van der Waals surface area contributed by atoms with Crippen molar-refractivity contribution in [1.29, 1.82) is 5.26 Å². The first-order valence-corrected chi connectivity index (χ1v) is 12.7. The number of nitriles is 1. The zero-order valence-electron chi connectivity index (χ0n) is 18.8. The first kappa shape index (κ1) is 22.6. The molecule has 1 aromatic carbocycles. The van der Waals surface area contributed by atoms with Gasteiger partial charge in [-0.2, -0.15) is 5.26 Å². The summed E-state index contributed by atoms with van der Waals surface area (Å²) in [4.78, 5) is 23.9. The molecule has 0 aliphatic heterocycles. The van der Waals surface area contributed by atoms with Crippen LogP contribution in [0.5, 0.6) is 0 Å². The van der Waals surface area contributed by atoms with Gasteiger partial charge in [-0.25, -0.2) is 18.4 Å². The molecule has 0 unspecified atom stereocenters. The molecule has 0 bridgehead atoms. The molecule has 10 nitrogen and oxygen atoms in total. The number of oxazole rings is 1. The van der Waals surface area contributed by atoms with E-state index in [1.165, 1.54) is 25.4 Å². The van der Waals surface area contributed by atoms with Gasteiger partial charge in [-0.1, -0.05) is 6.07 Å². The number of anilines is 1. The summed E-state index contributed by atoms with van der Waals surface area (Å²) >= 11 is 0. The number of carbonyl (C=O) groups excluding carboxylic acids is 1. The highest BCUT2D eigenvalue weighted by molar-refractivity contribution is 7.91. The number of aromatic amines is 1. The number of carbonyl (C=O) groups is 1. The Morgan fingerprint density at radius 2 is 2.14 bits per heavy atom. The van der Waals surface area contributed by atoms with Crippen molar-refractivity contribution in [3.05, 3.63) is 60.2 Å². The number of rotatable bonds is 7. The molecule has 11 heteroatoms. The minimum Gasteiger partial charge on any atom is -0.443 e. The van der Waals surface area contributed by atoms with Gasteiger partial charge in [-0.05, 0) is 43.0 Å². The third kappa shape index (κ3) is 4.36. The van der Waals surface area contributed by atoms with Crippen LogP contribution in [0.2, 0.25) is 0 Å². The fourth-order valence-corrected chi connectivity index (χ4v) is 5.99. The van der Waals surface area contributed by atoms with Crippen LogP contribution in [0.4, 0.5) is 5.69 Å². The fourth-order valence-electron chi connectivity index (χ4n) is 4.31. The number of hydrogen-bond acceptors (Lipinski definition) is 8. The molecule has 5 rings (SSSR count). The minimum absolute atomic E-state index is 0.00293. The van der Waals surface area contributed by atoms with Gasteiger partial charge in [0.25, 0.3) is 5.91 Å². The summed E-state index contributed by atoms with van der Waals surface area (Å²) in [7, 11) is -1.97. The maximum atomic E-state index is 12.8. The van der Waals surface area contributed by atoms with Crippen molar-refractivity contribution in [2.75, 3.05) is 18.1 Å². The van der Waals surface area contributed by atoms with E-state index in [1.54, 1.807) is 24.5 Å².